The van der Waals surface area contributed by atoms with Crippen LogP contribution < -0.4 is 0 Å². The second-order valence-corrected chi connectivity index (χ2v) is 13.8. The van der Waals surface area contributed by atoms with Gasteiger partial charge in [0, 0.05) is 0 Å². The molecule has 2 N–H and O–H groups in total. The molecule has 129 valence electrons. The summed E-state index contributed by atoms with van der Waals surface area (Å²) in [5.74, 6) is 3.73. The van der Waals surface area contributed by atoms with Crippen LogP contribution in [0.1, 0.15) is 11.6 Å². The van der Waals surface area contributed by atoms with Crippen LogP contribution in [-0.2, 0) is 26.2 Å². The Bertz CT molecular complexity index is 814. The van der Waals surface area contributed by atoms with Gasteiger partial charge in [-0.2, -0.15) is 0 Å². The van der Waals surface area contributed by atoms with E-state index < -0.39 is 14.7 Å². The third-order valence-corrected chi connectivity index (χ3v) is 4.31. The Labute approximate surface area is 167 Å². The number of nitrogens with one attached hydrogen (secondary N) is 2. The van der Waals surface area contributed by atoms with Gasteiger partial charge in [0.2, 0.25) is 0 Å². The van der Waals surface area contributed by atoms with E-state index in [2.05, 4.69) is 32.1 Å². The molecule has 0 radical (unpaired) electrons. The Balaban J connectivity index is 0.000000415. The molecule has 0 fully saturated rings. The molecule has 2 heterocycles. The van der Waals surface area contributed by atoms with E-state index in [0.29, 0.717) is 0 Å². The third kappa shape index (κ3) is 5.65. The largest absolute Gasteiger partial charge is 0.341 e. The van der Waals surface area contributed by atoms with Crippen LogP contribution in [0, 0.1) is 0 Å². The number of aromatic nitrogens is 4. The number of fused-ring (bicyclic) bond motifs is 2. The maximum atomic E-state index is 4.97. The van der Waals surface area contributed by atoms with Gasteiger partial charge in [0.25, 0.3) is 0 Å². The molecule has 0 saturated carbocycles. The smallest absolute Gasteiger partial charge is 0.117 e. The van der Waals surface area contributed by atoms with Gasteiger partial charge < -0.3 is 9.97 Å². The van der Waals surface area contributed by atoms with Crippen molar-refractivity contribution in [2.24, 2.45) is 0 Å². The summed E-state index contributed by atoms with van der Waals surface area (Å²) in [6.07, 6.45) is 0. The van der Waals surface area contributed by atoms with Gasteiger partial charge in [0.05, 0.1) is 33.6 Å². The van der Waals surface area contributed by atoms with Crippen molar-refractivity contribution < 1.29 is 14.7 Å². The molecule has 25 heavy (non-hydrogen) atoms. The van der Waals surface area contributed by atoms with E-state index in [9.17, 15) is 0 Å². The molecule has 0 aliphatic carbocycles. The molecule has 4 nitrogen and oxygen atoms in total. The Morgan fingerprint density at radius 2 is 1.16 bits per heavy atom. The molecule has 0 aliphatic heterocycles. The van der Waals surface area contributed by atoms with Crippen LogP contribution in [0.15, 0.2) is 48.5 Å². The second kappa shape index (κ2) is 9.31. The zero-order chi connectivity index (χ0) is 17.6. The van der Waals surface area contributed by atoms with E-state index in [1.54, 1.807) is 11.8 Å². The molecular weight excluding hydrogens is 434 g/mol. The van der Waals surface area contributed by atoms with Crippen LogP contribution >= 0.6 is 39.7 Å². The predicted octanol–water partition coefficient (Wildman–Crippen LogP) is 5.94. The molecule has 0 unspecified atom stereocenters. The summed E-state index contributed by atoms with van der Waals surface area (Å²) in [7, 11) is 14.9. The van der Waals surface area contributed by atoms with Gasteiger partial charge in [-0.3, -0.25) is 0 Å². The minimum atomic E-state index is -1.92. The fourth-order valence-electron chi connectivity index (χ4n) is 2.39. The molecule has 0 atom stereocenters. The van der Waals surface area contributed by atoms with Gasteiger partial charge >= 0.3 is 42.6 Å². The average Bonchev–Trinajstić information content (AvgIpc) is 3.16. The third-order valence-electron chi connectivity index (χ3n) is 3.35. The van der Waals surface area contributed by atoms with Gasteiger partial charge in [-0.1, -0.05) is 24.3 Å². The number of nitrogens with zero attached hydrogens (tertiary/aromatic N) is 2. The van der Waals surface area contributed by atoms with Crippen molar-refractivity contribution in [1.29, 1.82) is 0 Å². The van der Waals surface area contributed by atoms with Crippen molar-refractivity contribution in [1.82, 2.24) is 19.9 Å². The number of aromatic amines is 2. The minimum absolute atomic E-state index is 0.853. The van der Waals surface area contributed by atoms with Crippen LogP contribution in [0.4, 0.5) is 0 Å². The molecule has 0 bridgehead atoms. The van der Waals surface area contributed by atoms with Crippen molar-refractivity contribution in [2.75, 3.05) is 0 Å². The maximum Gasteiger partial charge on any atom is 0.117 e. The first-order valence-corrected chi connectivity index (χ1v) is 15.0. The summed E-state index contributed by atoms with van der Waals surface area (Å²) in [5, 5.41) is 0. The molecule has 2 aromatic carbocycles. The molecule has 0 spiro atoms. The maximum absolute atomic E-state index is 4.97. The number of H-pyrrole nitrogens is 2. The zero-order valence-electron chi connectivity index (χ0n) is 13.0. The standard InChI is InChI=1S/C16H14N4S.3ClH.Ti/c1-2-6-12-11(5-1)17-15(18-12)9-21-10-16-19-13-7-3-4-8-14(13)20-16;;;;/h1-8H,9-10H2,(H,17,18)(H,19,20);3*1H;/q;;;;+3/p-3. The SMILES string of the molecule is [Cl][Ti]([Cl])[Cl].c1ccc2[nH]c(CSCc3nc4ccccc4[nH]3)nc2c1. The number of benzene rings is 2. The number of halogens is 3. The Kier molecular flexibility index (Phi) is 7.11. The summed E-state index contributed by atoms with van der Waals surface area (Å²) in [6.45, 7) is 0. The monoisotopic (exact) mass is 447 g/mol. The van der Waals surface area contributed by atoms with E-state index in [1.807, 2.05) is 36.4 Å². The van der Waals surface area contributed by atoms with E-state index >= 15 is 0 Å². The number of thioether (sulfide) groups is 1. The molecule has 4 rings (SSSR count). The van der Waals surface area contributed by atoms with Gasteiger partial charge in [-0.05, 0) is 24.3 Å². The van der Waals surface area contributed by atoms with Crippen molar-refractivity contribution in [3.8, 4) is 0 Å². The van der Waals surface area contributed by atoms with E-state index in [4.69, 9.17) is 27.9 Å². The van der Waals surface area contributed by atoms with E-state index in [1.165, 1.54) is 0 Å². The quantitative estimate of drug-likeness (QED) is 0.380. The molecule has 0 aliphatic rings. The van der Waals surface area contributed by atoms with Gasteiger partial charge in [0.15, 0.2) is 0 Å². The number of hydrogen-bond donors (Lipinski definition) is 2. The van der Waals surface area contributed by atoms with Gasteiger partial charge in [-0.15, -0.1) is 11.8 Å². The minimum Gasteiger partial charge on any atom is -0.341 e. The van der Waals surface area contributed by atoms with Crippen molar-refractivity contribution in [2.45, 2.75) is 11.5 Å². The van der Waals surface area contributed by atoms with Gasteiger partial charge in [0.1, 0.15) is 11.6 Å². The molecule has 4 aromatic rings. The van der Waals surface area contributed by atoms with Crippen molar-refractivity contribution >= 4 is 61.7 Å². The zero-order valence-corrected chi connectivity index (χ0v) is 17.6. The number of para-hydroxylation sites is 4. The number of rotatable bonds is 4. The fraction of sp³-hybridized carbons (Fsp3) is 0.125. The topological polar surface area (TPSA) is 57.4 Å². The van der Waals surface area contributed by atoms with Crippen LogP contribution in [0.3, 0.4) is 0 Å². The first-order chi connectivity index (χ1) is 12.1. The normalized spacial score (nSPS) is 10.7. The predicted molar refractivity (Wildman–Crippen MR) is 105 cm³/mol. The second-order valence-electron chi connectivity index (χ2n) is 5.11. The van der Waals surface area contributed by atoms with E-state index in [0.717, 1.165) is 45.2 Å². The van der Waals surface area contributed by atoms with Crippen molar-refractivity contribution in [3.63, 3.8) is 0 Å². The van der Waals surface area contributed by atoms with Crippen molar-refractivity contribution in [3.05, 3.63) is 60.2 Å². The summed E-state index contributed by atoms with van der Waals surface area (Å²) >= 11 is -0.114. The fourth-order valence-corrected chi connectivity index (χ4v) is 3.15. The summed E-state index contributed by atoms with van der Waals surface area (Å²) in [5.41, 5.74) is 4.24. The summed E-state index contributed by atoms with van der Waals surface area (Å²) in [6, 6.07) is 16.2. The van der Waals surface area contributed by atoms with Crippen LogP contribution in [-0.4, -0.2) is 19.9 Å². The Hall–Kier alpha value is -0.686. The van der Waals surface area contributed by atoms with Crippen LogP contribution in [0.5, 0.6) is 0 Å². The molecule has 9 heteroatoms. The van der Waals surface area contributed by atoms with Gasteiger partial charge in [-0.25, -0.2) is 9.97 Å². The molecule has 2 aromatic heterocycles. The summed E-state index contributed by atoms with van der Waals surface area (Å²) in [4.78, 5) is 15.9. The first-order valence-electron chi connectivity index (χ1n) is 7.40. The number of hydrogen-bond acceptors (Lipinski definition) is 3. The average molecular weight is 449 g/mol. The van der Waals surface area contributed by atoms with Crippen LogP contribution in [0.25, 0.3) is 22.1 Å². The molecule has 0 amide bonds. The first kappa shape index (κ1) is 19.1. The van der Waals surface area contributed by atoms with E-state index in [-0.39, 0.29) is 0 Å². The Morgan fingerprint density at radius 3 is 1.56 bits per heavy atom. The summed E-state index contributed by atoms with van der Waals surface area (Å²) < 4.78 is 0. The Morgan fingerprint density at radius 1 is 0.760 bits per heavy atom. The van der Waals surface area contributed by atoms with Crippen LogP contribution in [0.2, 0.25) is 0 Å². The molecule has 0 saturated heterocycles. The molecular formula is C16H14Cl3N4STi. The number of imidazole rings is 2.